The smallest absolute Gasteiger partial charge is 0.235 e. The van der Waals surface area contributed by atoms with E-state index in [1.165, 1.54) is 11.3 Å². The molecular weight excluding hydrogens is 326 g/mol. The van der Waals surface area contributed by atoms with E-state index in [2.05, 4.69) is 27.4 Å². The quantitative estimate of drug-likeness (QED) is 0.487. The maximum Gasteiger partial charge on any atom is 0.235 e. The summed E-state index contributed by atoms with van der Waals surface area (Å²) in [4.78, 5) is 5.48. The lowest BCUT2D eigenvalue weighted by atomic mass is 10.2. The molecule has 5 aromatic rings. The number of benzene rings is 1. The third-order valence-electron chi connectivity index (χ3n) is 3.59. The first-order valence-electron chi connectivity index (χ1n) is 6.99. The zero-order valence-electron chi connectivity index (χ0n) is 11.7. The molecule has 0 aliphatic carbocycles. The summed E-state index contributed by atoms with van der Waals surface area (Å²) in [5, 5.41) is 19.2. The fourth-order valence-corrected chi connectivity index (χ4v) is 3.92. The second-order valence-corrected chi connectivity index (χ2v) is 6.76. The number of aromatic nitrogens is 5. The Balaban J connectivity index is 1.67. The number of nitrogens with zero attached hydrogens (tertiary/aromatic N) is 5. The number of hydrogen-bond acceptors (Lipinski definition) is 6. The van der Waals surface area contributed by atoms with Gasteiger partial charge in [-0.2, -0.15) is 21.0 Å². The monoisotopic (exact) mass is 335 g/mol. The van der Waals surface area contributed by atoms with Crippen molar-refractivity contribution in [3.05, 3.63) is 53.2 Å². The highest BCUT2D eigenvalue weighted by atomic mass is 32.1. The Morgan fingerprint density at radius 1 is 0.957 bits per heavy atom. The Labute approximate surface area is 138 Å². The molecule has 1 aromatic carbocycles. The summed E-state index contributed by atoms with van der Waals surface area (Å²) in [6.07, 6.45) is 0. The number of hydrogen-bond donors (Lipinski definition) is 0. The van der Waals surface area contributed by atoms with Crippen molar-refractivity contribution in [2.75, 3.05) is 0 Å². The molecule has 0 radical (unpaired) electrons. The standard InChI is InChI=1S/C16H9N5S2/c1-2-4-12-10(3-1)5-6-13(17-12)15-20-21-14(11-7-8-22-9-11)18-19-16(21)23-15/h1-9H. The van der Waals surface area contributed by atoms with Gasteiger partial charge in [0.05, 0.1) is 5.52 Å². The molecule has 0 saturated carbocycles. The third-order valence-corrected chi connectivity index (χ3v) is 5.19. The molecule has 0 amide bonds. The molecular formula is C16H9N5S2. The Morgan fingerprint density at radius 2 is 1.91 bits per heavy atom. The molecule has 0 fully saturated rings. The summed E-state index contributed by atoms with van der Waals surface area (Å²) in [5.41, 5.74) is 2.86. The Morgan fingerprint density at radius 3 is 2.83 bits per heavy atom. The van der Waals surface area contributed by atoms with Crippen molar-refractivity contribution < 1.29 is 0 Å². The molecule has 0 saturated heterocycles. The van der Waals surface area contributed by atoms with Crippen molar-refractivity contribution in [2.24, 2.45) is 0 Å². The van der Waals surface area contributed by atoms with Crippen LogP contribution in [0.3, 0.4) is 0 Å². The lowest BCUT2D eigenvalue weighted by Crippen LogP contribution is -1.90. The number of thiophene rings is 1. The van der Waals surface area contributed by atoms with Crippen molar-refractivity contribution in [3.63, 3.8) is 0 Å². The van der Waals surface area contributed by atoms with Gasteiger partial charge in [-0.3, -0.25) is 0 Å². The van der Waals surface area contributed by atoms with Crippen molar-refractivity contribution in [3.8, 4) is 22.1 Å². The molecule has 23 heavy (non-hydrogen) atoms. The van der Waals surface area contributed by atoms with Crippen molar-refractivity contribution in [2.45, 2.75) is 0 Å². The highest BCUT2D eigenvalue weighted by Gasteiger charge is 2.15. The molecule has 0 aliphatic rings. The van der Waals surface area contributed by atoms with Gasteiger partial charge in [0.2, 0.25) is 4.96 Å². The number of para-hydroxylation sites is 1. The Bertz CT molecular complexity index is 1120. The highest BCUT2D eigenvalue weighted by molar-refractivity contribution is 7.19. The summed E-state index contributed by atoms with van der Waals surface area (Å²) in [5.74, 6) is 0.768. The molecule has 5 rings (SSSR count). The largest absolute Gasteiger partial charge is 0.245 e. The van der Waals surface area contributed by atoms with E-state index in [9.17, 15) is 0 Å². The predicted octanol–water partition coefficient (Wildman–Crippen LogP) is 4.13. The van der Waals surface area contributed by atoms with Gasteiger partial charge in [0.25, 0.3) is 0 Å². The van der Waals surface area contributed by atoms with Crippen LogP contribution in [0, 0.1) is 0 Å². The number of fused-ring (bicyclic) bond motifs is 2. The van der Waals surface area contributed by atoms with E-state index in [0.717, 1.165) is 38.0 Å². The molecule has 0 unspecified atom stereocenters. The maximum absolute atomic E-state index is 4.70. The lowest BCUT2D eigenvalue weighted by Gasteiger charge is -1.99. The normalized spacial score (nSPS) is 11.5. The first kappa shape index (κ1) is 12.9. The second kappa shape index (κ2) is 4.94. The second-order valence-electron chi connectivity index (χ2n) is 5.03. The average Bonchev–Trinajstić information content (AvgIpc) is 3.30. The van der Waals surface area contributed by atoms with Gasteiger partial charge in [-0.25, -0.2) is 4.98 Å². The molecule has 110 valence electrons. The zero-order chi connectivity index (χ0) is 15.2. The van der Waals surface area contributed by atoms with E-state index < -0.39 is 0 Å². The number of pyridine rings is 1. The van der Waals surface area contributed by atoms with Crippen LogP contribution in [0.15, 0.2) is 53.2 Å². The highest BCUT2D eigenvalue weighted by Crippen LogP contribution is 2.28. The zero-order valence-corrected chi connectivity index (χ0v) is 13.4. The van der Waals surface area contributed by atoms with Crippen LogP contribution in [-0.4, -0.2) is 24.8 Å². The van der Waals surface area contributed by atoms with E-state index >= 15 is 0 Å². The molecule has 0 spiro atoms. The van der Waals surface area contributed by atoms with Gasteiger partial charge >= 0.3 is 0 Å². The van der Waals surface area contributed by atoms with Crippen LogP contribution in [0.5, 0.6) is 0 Å². The summed E-state index contributed by atoms with van der Waals surface area (Å²) in [7, 11) is 0. The SMILES string of the molecule is c1ccc2nc(-c3nn4c(-c5ccsc5)nnc4s3)ccc2c1. The molecule has 5 nitrogen and oxygen atoms in total. The van der Waals surface area contributed by atoms with Crippen LogP contribution in [0.4, 0.5) is 0 Å². The number of rotatable bonds is 2. The minimum absolute atomic E-state index is 0.768. The van der Waals surface area contributed by atoms with E-state index in [-0.39, 0.29) is 0 Å². The average molecular weight is 335 g/mol. The van der Waals surface area contributed by atoms with Crippen molar-refractivity contribution in [1.29, 1.82) is 0 Å². The molecule has 0 N–H and O–H groups in total. The maximum atomic E-state index is 4.70. The van der Waals surface area contributed by atoms with Crippen molar-refractivity contribution >= 4 is 38.5 Å². The van der Waals surface area contributed by atoms with E-state index in [1.807, 2.05) is 41.1 Å². The van der Waals surface area contributed by atoms with Crippen molar-refractivity contribution in [1.82, 2.24) is 24.8 Å². The molecule has 4 aromatic heterocycles. The fourth-order valence-electron chi connectivity index (χ4n) is 2.48. The van der Waals surface area contributed by atoms with E-state index in [0.29, 0.717) is 0 Å². The van der Waals surface area contributed by atoms with Gasteiger partial charge < -0.3 is 0 Å². The first-order chi connectivity index (χ1) is 11.4. The van der Waals surface area contributed by atoms with Gasteiger partial charge in [0.1, 0.15) is 5.69 Å². The predicted molar refractivity (Wildman–Crippen MR) is 92.7 cm³/mol. The van der Waals surface area contributed by atoms with E-state index in [4.69, 9.17) is 4.98 Å². The fraction of sp³-hybridized carbons (Fsp3) is 0. The van der Waals surface area contributed by atoms with Gasteiger partial charge in [-0.15, -0.1) is 10.2 Å². The van der Waals surface area contributed by atoms with Gasteiger partial charge in [0.15, 0.2) is 10.8 Å². The minimum Gasteiger partial charge on any atom is -0.245 e. The lowest BCUT2D eigenvalue weighted by molar-refractivity contribution is 0.969. The molecule has 0 aliphatic heterocycles. The molecule has 7 heteroatoms. The summed E-state index contributed by atoms with van der Waals surface area (Å²) < 4.78 is 1.79. The molecule has 4 heterocycles. The topological polar surface area (TPSA) is 56.0 Å². The van der Waals surface area contributed by atoms with Crippen LogP contribution < -0.4 is 0 Å². The van der Waals surface area contributed by atoms with Crippen LogP contribution in [-0.2, 0) is 0 Å². The Hall–Kier alpha value is -2.64. The van der Waals surface area contributed by atoms with Gasteiger partial charge in [-0.05, 0) is 23.6 Å². The summed E-state index contributed by atoms with van der Waals surface area (Å²) in [6.45, 7) is 0. The minimum atomic E-state index is 0.768. The van der Waals surface area contributed by atoms with Gasteiger partial charge in [0, 0.05) is 16.3 Å². The third kappa shape index (κ3) is 2.05. The van der Waals surface area contributed by atoms with Crippen LogP contribution >= 0.6 is 22.7 Å². The van der Waals surface area contributed by atoms with Gasteiger partial charge in [-0.1, -0.05) is 35.6 Å². The van der Waals surface area contributed by atoms with Crippen LogP contribution in [0.1, 0.15) is 0 Å². The molecule has 0 atom stereocenters. The van der Waals surface area contributed by atoms with Crippen LogP contribution in [0.25, 0.3) is 38.0 Å². The van der Waals surface area contributed by atoms with Crippen LogP contribution in [0.2, 0.25) is 0 Å². The Kier molecular flexibility index (Phi) is 2.76. The summed E-state index contributed by atoms with van der Waals surface area (Å²) >= 11 is 3.13. The van der Waals surface area contributed by atoms with E-state index in [1.54, 1.807) is 15.9 Å². The first-order valence-corrected chi connectivity index (χ1v) is 8.75. The molecule has 0 bridgehead atoms. The summed E-state index contributed by atoms with van der Waals surface area (Å²) in [6, 6.07) is 14.2.